The highest BCUT2D eigenvalue weighted by Gasteiger charge is 2.16. The summed E-state index contributed by atoms with van der Waals surface area (Å²) in [5.74, 6) is 0. The monoisotopic (exact) mass is 445 g/mol. The van der Waals surface area contributed by atoms with Crippen molar-refractivity contribution in [2.75, 3.05) is 0 Å². The van der Waals surface area contributed by atoms with Gasteiger partial charge in [-0.15, -0.1) is 0 Å². The van der Waals surface area contributed by atoms with Crippen LogP contribution in [-0.2, 0) is 13.1 Å². The number of hydrogen-bond acceptors (Lipinski definition) is 2. The summed E-state index contributed by atoms with van der Waals surface area (Å²) in [5.41, 5.74) is 3.81. The summed E-state index contributed by atoms with van der Waals surface area (Å²) in [6, 6.07) is 20.5. The Morgan fingerprint density at radius 2 is 1.48 bits per heavy atom. The van der Waals surface area contributed by atoms with Gasteiger partial charge >= 0.3 is 0 Å². The Balaban J connectivity index is 1.73. The number of para-hydroxylation sites is 2. The summed E-state index contributed by atoms with van der Waals surface area (Å²) in [7, 11) is 0. The molecule has 29 heavy (non-hydrogen) atoms. The summed E-state index contributed by atoms with van der Waals surface area (Å²) in [6.45, 7) is 0.761. The van der Waals surface area contributed by atoms with Crippen LogP contribution in [0.5, 0.6) is 0 Å². The second kappa shape index (κ2) is 8.25. The van der Waals surface area contributed by atoms with Crippen molar-refractivity contribution in [3.05, 3.63) is 98.5 Å². The number of rotatable bonds is 5. The van der Waals surface area contributed by atoms with E-state index in [1.807, 2.05) is 53.1 Å². The molecule has 1 atom stereocenters. The number of aromatic nitrogens is 2. The average molecular weight is 447 g/mol. The Labute approximate surface area is 183 Å². The van der Waals surface area contributed by atoms with Crippen LogP contribution in [0.4, 0.5) is 0 Å². The summed E-state index contributed by atoms with van der Waals surface area (Å²) in [6.07, 6.45) is -0.825. The van der Waals surface area contributed by atoms with Crippen LogP contribution >= 0.6 is 34.8 Å². The van der Waals surface area contributed by atoms with E-state index in [1.165, 1.54) is 0 Å². The van der Waals surface area contributed by atoms with E-state index in [1.54, 1.807) is 22.8 Å². The SMILES string of the molecule is N=c1n(Cc2ccc(Cl)cc2)c2ccccc2n1C[C@@H](O)c1ccc(Cl)c(Cl)c1. The number of hydrogen-bond donors (Lipinski definition) is 2. The zero-order valence-corrected chi connectivity index (χ0v) is 17.6. The molecule has 0 saturated carbocycles. The molecule has 0 saturated heterocycles. The quantitative estimate of drug-likeness (QED) is 0.408. The molecule has 0 bridgehead atoms. The van der Waals surface area contributed by atoms with Crippen molar-refractivity contribution in [3.8, 4) is 0 Å². The number of fused-ring (bicyclic) bond motifs is 1. The summed E-state index contributed by atoms with van der Waals surface area (Å²) in [5, 5.41) is 21.0. The van der Waals surface area contributed by atoms with Crippen molar-refractivity contribution in [1.82, 2.24) is 9.13 Å². The first kappa shape index (κ1) is 20.0. The first-order valence-electron chi connectivity index (χ1n) is 9.04. The fourth-order valence-corrected chi connectivity index (χ4v) is 3.84. The summed E-state index contributed by atoms with van der Waals surface area (Å²) in [4.78, 5) is 0. The molecule has 4 nitrogen and oxygen atoms in total. The van der Waals surface area contributed by atoms with Crippen LogP contribution in [-0.4, -0.2) is 14.2 Å². The third kappa shape index (κ3) is 4.07. The van der Waals surface area contributed by atoms with Crippen LogP contribution < -0.4 is 5.62 Å². The molecule has 3 aromatic carbocycles. The molecule has 0 unspecified atom stereocenters. The molecular weight excluding hydrogens is 429 g/mol. The van der Waals surface area contributed by atoms with E-state index < -0.39 is 6.10 Å². The minimum absolute atomic E-state index is 0.227. The molecule has 148 valence electrons. The zero-order chi connectivity index (χ0) is 20.5. The Kier molecular flexibility index (Phi) is 5.70. The van der Waals surface area contributed by atoms with E-state index in [0.717, 1.165) is 16.6 Å². The first-order chi connectivity index (χ1) is 13.9. The maximum Gasteiger partial charge on any atom is 0.203 e. The van der Waals surface area contributed by atoms with E-state index in [4.69, 9.17) is 40.2 Å². The maximum absolute atomic E-state index is 10.8. The summed E-state index contributed by atoms with van der Waals surface area (Å²) >= 11 is 18.1. The normalized spacial score (nSPS) is 12.4. The molecular formula is C22H18Cl3N3O. The highest BCUT2D eigenvalue weighted by molar-refractivity contribution is 6.42. The first-order valence-corrected chi connectivity index (χ1v) is 10.2. The van der Waals surface area contributed by atoms with Crippen LogP contribution in [0.2, 0.25) is 15.1 Å². The van der Waals surface area contributed by atoms with Gasteiger partial charge in [0.15, 0.2) is 0 Å². The largest absolute Gasteiger partial charge is 0.387 e. The number of nitrogens with zero attached hydrogens (tertiary/aromatic N) is 2. The van der Waals surface area contributed by atoms with Crippen LogP contribution in [0, 0.1) is 5.41 Å². The lowest BCUT2D eigenvalue weighted by Gasteiger charge is -2.13. The van der Waals surface area contributed by atoms with Gasteiger partial charge in [0.2, 0.25) is 5.62 Å². The fourth-order valence-electron chi connectivity index (χ4n) is 3.41. The average Bonchev–Trinajstić information content (AvgIpc) is 2.97. The van der Waals surface area contributed by atoms with Gasteiger partial charge < -0.3 is 14.2 Å². The maximum atomic E-state index is 10.8. The molecule has 4 aromatic rings. The molecule has 4 rings (SSSR count). The number of imidazole rings is 1. The van der Waals surface area contributed by atoms with E-state index in [2.05, 4.69) is 0 Å². The van der Waals surface area contributed by atoms with E-state index in [9.17, 15) is 5.11 Å². The lowest BCUT2D eigenvalue weighted by Crippen LogP contribution is -2.27. The molecule has 0 radical (unpaired) electrons. The van der Waals surface area contributed by atoms with Gasteiger partial charge in [0.25, 0.3) is 0 Å². The molecule has 0 aliphatic carbocycles. The smallest absolute Gasteiger partial charge is 0.203 e. The van der Waals surface area contributed by atoms with Crippen LogP contribution in [0.1, 0.15) is 17.2 Å². The van der Waals surface area contributed by atoms with Gasteiger partial charge in [0.05, 0.1) is 40.3 Å². The van der Waals surface area contributed by atoms with Gasteiger partial charge in [-0.3, -0.25) is 5.41 Å². The number of aliphatic hydroxyl groups is 1. The van der Waals surface area contributed by atoms with Crippen molar-refractivity contribution < 1.29 is 5.11 Å². The number of nitrogens with one attached hydrogen (secondary N) is 1. The molecule has 0 aliphatic rings. The Morgan fingerprint density at radius 3 is 2.14 bits per heavy atom. The van der Waals surface area contributed by atoms with E-state index >= 15 is 0 Å². The standard InChI is InChI=1S/C22H18Cl3N3O/c23-16-8-5-14(6-9-16)12-27-19-3-1-2-4-20(19)28(22(27)26)13-21(29)15-7-10-17(24)18(25)11-15/h1-11,21,26,29H,12-13H2/t21-/m1/s1. The van der Waals surface area contributed by atoms with E-state index in [-0.39, 0.29) is 6.54 Å². The minimum Gasteiger partial charge on any atom is -0.387 e. The zero-order valence-electron chi connectivity index (χ0n) is 15.3. The van der Waals surface area contributed by atoms with E-state index in [0.29, 0.717) is 32.8 Å². The third-order valence-corrected chi connectivity index (χ3v) is 5.90. The second-order valence-corrected chi connectivity index (χ2v) is 8.08. The van der Waals surface area contributed by atoms with Crippen molar-refractivity contribution in [1.29, 1.82) is 5.41 Å². The van der Waals surface area contributed by atoms with Crippen LogP contribution in [0.15, 0.2) is 66.7 Å². The molecule has 7 heteroatoms. The third-order valence-electron chi connectivity index (χ3n) is 4.91. The van der Waals surface area contributed by atoms with Crippen molar-refractivity contribution in [3.63, 3.8) is 0 Å². The van der Waals surface area contributed by atoms with Gasteiger partial charge in [-0.1, -0.05) is 65.1 Å². The Hall–Kier alpha value is -2.24. The van der Waals surface area contributed by atoms with Gasteiger partial charge in [0.1, 0.15) is 0 Å². The van der Waals surface area contributed by atoms with Gasteiger partial charge in [-0.25, -0.2) is 0 Å². The van der Waals surface area contributed by atoms with Gasteiger partial charge in [-0.2, -0.15) is 0 Å². The molecule has 0 fully saturated rings. The lowest BCUT2D eigenvalue weighted by molar-refractivity contribution is 0.156. The minimum atomic E-state index is -0.825. The Morgan fingerprint density at radius 1 is 0.828 bits per heavy atom. The highest BCUT2D eigenvalue weighted by Crippen LogP contribution is 2.27. The van der Waals surface area contributed by atoms with Crippen LogP contribution in [0.3, 0.4) is 0 Å². The molecule has 2 N–H and O–H groups in total. The van der Waals surface area contributed by atoms with Gasteiger partial charge in [0, 0.05) is 5.02 Å². The topological polar surface area (TPSA) is 53.9 Å². The molecule has 1 heterocycles. The fraction of sp³-hybridized carbons (Fsp3) is 0.136. The van der Waals surface area contributed by atoms with Crippen molar-refractivity contribution >= 4 is 45.8 Å². The predicted molar refractivity (Wildman–Crippen MR) is 118 cm³/mol. The van der Waals surface area contributed by atoms with Crippen LogP contribution in [0.25, 0.3) is 11.0 Å². The second-order valence-electron chi connectivity index (χ2n) is 6.82. The Bertz CT molecular complexity index is 1230. The summed E-state index contributed by atoms with van der Waals surface area (Å²) < 4.78 is 3.72. The number of benzene rings is 3. The highest BCUT2D eigenvalue weighted by atomic mass is 35.5. The number of aliphatic hydroxyl groups excluding tert-OH is 1. The lowest BCUT2D eigenvalue weighted by atomic mass is 10.1. The molecule has 0 aliphatic heterocycles. The molecule has 0 amide bonds. The van der Waals surface area contributed by atoms with Gasteiger partial charge in [-0.05, 0) is 47.5 Å². The molecule has 1 aromatic heterocycles. The van der Waals surface area contributed by atoms with Crippen molar-refractivity contribution in [2.45, 2.75) is 19.2 Å². The predicted octanol–water partition coefficient (Wildman–Crippen LogP) is 5.66. The molecule has 0 spiro atoms. The van der Waals surface area contributed by atoms with Crippen molar-refractivity contribution in [2.24, 2.45) is 0 Å². The number of halogens is 3.